The van der Waals surface area contributed by atoms with Crippen LogP contribution in [0.5, 0.6) is 0 Å². The predicted molar refractivity (Wildman–Crippen MR) is 74.0 cm³/mol. The molecule has 0 radical (unpaired) electrons. The Hall–Kier alpha value is -0.940. The minimum absolute atomic E-state index is 0.0397. The molecule has 0 aliphatic carbocycles. The largest absolute Gasteiger partial charge is 0.480 e. The average molecular weight is 270 g/mol. The fourth-order valence-electron chi connectivity index (χ4n) is 1.55. The van der Waals surface area contributed by atoms with Gasteiger partial charge in [-0.1, -0.05) is 13.8 Å². The van der Waals surface area contributed by atoms with E-state index in [1.807, 2.05) is 31.1 Å². The molecular formula is C13H22N2O2S. The van der Waals surface area contributed by atoms with Gasteiger partial charge in [-0.15, -0.1) is 11.3 Å². The van der Waals surface area contributed by atoms with E-state index in [2.05, 4.69) is 18.8 Å². The van der Waals surface area contributed by atoms with Crippen LogP contribution in [0, 0.1) is 0 Å². The number of hydrogen-bond acceptors (Lipinski definition) is 4. The van der Waals surface area contributed by atoms with Crippen molar-refractivity contribution in [2.75, 3.05) is 6.54 Å². The number of aromatic nitrogens is 1. The smallest absolute Gasteiger partial charge is 0.317 e. The molecule has 0 saturated heterocycles. The van der Waals surface area contributed by atoms with Crippen LogP contribution < -0.4 is 0 Å². The van der Waals surface area contributed by atoms with Gasteiger partial charge in [-0.05, 0) is 20.8 Å². The van der Waals surface area contributed by atoms with Crippen molar-refractivity contribution in [3.63, 3.8) is 0 Å². The second-order valence-electron chi connectivity index (χ2n) is 5.75. The highest BCUT2D eigenvalue weighted by Gasteiger charge is 2.24. The number of rotatable bonds is 5. The van der Waals surface area contributed by atoms with E-state index in [4.69, 9.17) is 5.11 Å². The summed E-state index contributed by atoms with van der Waals surface area (Å²) in [6.07, 6.45) is 0. The van der Waals surface area contributed by atoms with Gasteiger partial charge in [0.2, 0.25) is 0 Å². The lowest BCUT2D eigenvalue weighted by Crippen LogP contribution is -2.43. The molecule has 102 valence electrons. The maximum atomic E-state index is 10.9. The molecule has 0 atom stereocenters. The molecule has 1 heterocycles. The molecule has 0 unspecified atom stereocenters. The van der Waals surface area contributed by atoms with Gasteiger partial charge in [0, 0.05) is 23.4 Å². The molecule has 1 aromatic heterocycles. The monoisotopic (exact) mass is 270 g/mol. The van der Waals surface area contributed by atoms with Crippen molar-refractivity contribution in [1.82, 2.24) is 9.88 Å². The Kier molecular flexibility index (Phi) is 4.87. The summed E-state index contributed by atoms with van der Waals surface area (Å²) in [5, 5.41) is 12.1. The van der Waals surface area contributed by atoms with Gasteiger partial charge in [0.1, 0.15) is 0 Å². The first-order valence-electron chi connectivity index (χ1n) is 6.11. The fraction of sp³-hybridized carbons (Fsp3) is 0.692. The highest BCUT2D eigenvalue weighted by Crippen LogP contribution is 2.22. The minimum Gasteiger partial charge on any atom is -0.480 e. The number of hydrogen-bond donors (Lipinski definition) is 1. The second kappa shape index (κ2) is 5.80. The van der Waals surface area contributed by atoms with Gasteiger partial charge in [0.05, 0.1) is 17.2 Å². The van der Waals surface area contributed by atoms with Crippen LogP contribution in [-0.2, 0) is 11.3 Å². The fourth-order valence-corrected chi connectivity index (χ4v) is 2.38. The highest BCUT2D eigenvalue weighted by atomic mass is 32.1. The van der Waals surface area contributed by atoms with E-state index in [1.54, 1.807) is 11.3 Å². The maximum absolute atomic E-state index is 10.9. The van der Waals surface area contributed by atoms with Gasteiger partial charge in [0.25, 0.3) is 0 Å². The second-order valence-corrected chi connectivity index (χ2v) is 6.64. The van der Waals surface area contributed by atoms with Crippen molar-refractivity contribution >= 4 is 17.3 Å². The third kappa shape index (κ3) is 4.38. The zero-order chi connectivity index (χ0) is 13.9. The van der Waals surface area contributed by atoms with Crippen LogP contribution in [0.15, 0.2) is 5.38 Å². The number of carboxylic acid groups (broad SMARTS) is 1. The zero-order valence-electron chi connectivity index (χ0n) is 11.7. The Morgan fingerprint density at radius 1 is 1.50 bits per heavy atom. The minimum atomic E-state index is -0.802. The van der Waals surface area contributed by atoms with Crippen LogP contribution in [0.25, 0.3) is 0 Å². The van der Waals surface area contributed by atoms with Crippen LogP contribution in [0.3, 0.4) is 0 Å². The third-order valence-corrected chi connectivity index (χ3v) is 3.89. The van der Waals surface area contributed by atoms with E-state index < -0.39 is 5.97 Å². The SMILES string of the molecule is CC(C)c1nc(CN(CC(=O)O)C(C)(C)C)cs1. The maximum Gasteiger partial charge on any atom is 0.317 e. The highest BCUT2D eigenvalue weighted by molar-refractivity contribution is 7.09. The van der Waals surface area contributed by atoms with Crippen LogP contribution in [0.2, 0.25) is 0 Å². The number of aliphatic carboxylic acids is 1. The number of nitrogens with zero attached hydrogens (tertiary/aromatic N) is 2. The molecule has 5 heteroatoms. The van der Waals surface area contributed by atoms with E-state index in [1.165, 1.54) is 0 Å². The van der Waals surface area contributed by atoms with Gasteiger partial charge < -0.3 is 5.11 Å². The zero-order valence-corrected chi connectivity index (χ0v) is 12.5. The number of thiazole rings is 1. The molecule has 0 aromatic carbocycles. The van der Waals surface area contributed by atoms with Crippen LogP contribution in [-0.4, -0.2) is 33.0 Å². The van der Waals surface area contributed by atoms with Gasteiger partial charge >= 0.3 is 5.97 Å². The Morgan fingerprint density at radius 3 is 2.50 bits per heavy atom. The average Bonchev–Trinajstić information content (AvgIpc) is 2.63. The summed E-state index contributed by atoms with van der Waals surface area (Å²) < 4.78 is 0. The summed E-state index contributed by atoms with van der Waals surface area (Å²) in [6, 6.07) is 0. The van der Waals surface area contributed by atoms with E-state index >= 15 is 0 Å². The molecule has 0 aliphatic rings. The molecule has 0 spiro atoms. The Morgan fingerprint density at radius 2 is 2.11 bits per heavy atom. The van der Waals surface area contributed by atoms with Crippen molar-refractivity contribution in [3.05, 3.63) is 16.1 Å². The summed E-state index contributed by atoms with van der Waals surface area (Å²) in [5.41, 5.74) is 0.778. The number of carboxylic acids is 1. The lowest BCUT2D eigenvalue weighted by Gasteiger charge is -2.33. The van der Waals surface area contributed by atoms with Crippen molar-refractivity contribution in [3.8, 4) is 0 Å². The standard InChI is InChI=1S/C13H22N2O2S/c1-9(2)12-14-10(8-18-12)6-15(7-11(16)17)13(3,4)5/h8-9H,6-7H2,1-5H3,(H,16,17). The predicted octanol–water partition coefficient (Wildman–Crippen LogP) is 2.95. The van der Waals surface area contributed by atoms with E-state index in [0.29, 0.717) is 12.5 Å². The normalized spacial score (nSPS) is 12.4. The van der Waals surface area contributed by atoms with Gasteiger partial charge in [0.15, 0.2) is 0 Å². The lowest BCUT2D eigenvalue weighted by atomic mass is 10.1. The molecule has 0 aliphatic heterocycles. The molecule has 0 fully saturated rings. The summed E-state index contributed by atoms with van der Waals surface area (Å²) in [7, 11) is 0. The molecule has 1 N–H and O–H groups in total. The quantitative estimate of drug-likeness (QED) is 0.893. The number of carbonyl (C=O) groups is 1. The van der Waals surface area contributed by atoms with Crippen molar-refractivity contribution in [2.45, 2.75) is 52.6 Å². The molecule has 1 rings (SSSR count). The van der Waals surface area contributed by atoms with Gasteiger partial charge in [-0.25, -0.2) is 4.98 Å². The molecular weight excluding hydrogens is 248 g/mol. The van der Waals surface area contributed by atoms with Crippen LogP contribution >= 0.6 is 11.3 Å². The molecule has 4 nitrogen and oxygen atoms in total. The topological polar surface area (TPSA) is 53.4 Å². The molecule has 18 heavy (non-hydrogen) atoms. The van der Waals surface area contributed by atoms with Crippen LogP contribution in [0.4, 0.5) is 0 Å². The van der Waals surface area contributed by atoms with Crippen molar-refractivity contribution < 1.29 is 9.90 Å². The summed E-state index contributed by atoms with van der Waals surface area (Å²) >= 11 is 1.64. The lowest BCUT2D eigenvalue weighted by molar-refractivity contribution is -0.139. The Bertz CT molecular complexity index is 407. The van der Waals surface area contributed by atoms with E-state index in [0.717, 1.165) is 10.7 Å². The molecule has 0 saturated carbocycles. The first-order valence-corrected chi connectivity index (χ1v) is 6.99. The first-order chi connectivity index (χ1) is 8.20. The molecule has 0 bridgehead atoms. The van der Waals surface area contributed by atoms with Gasteiger partial charge in [-0.3, -0.25) is 9.69 Å². The van der Waals surface area contributed by atoms with Gasteiger partial charge in [-0.2, -0.15) is 0 Å². The van der Waals surface area contributed by atoms with Crippen LogP contribution in [0.1, 0.15) is 51.2 Å². The van der Waals surface area contributed by atoms with Crippen molar-refractivity contribution in [1.29, 1.82) is 0 Å². The summed E-state index contributed by atoms with van der Waals surface area (Å²) in [6.45, 7) is 10.9. The van der Waals surface area contributed by atoms with E-state index in [9.17, 15) is 4.79 Å². The summed E-state index contributed by atoms with van der Waals surface area (Å²) in [4.78, 5) is 17.4. The van der Waals surface area contributed by atoms with Crippen molar-refractivity contribution in [2.24, 2.45) is 0 Å². The van der Waals surface area contributed by atoms with E-state index in [-0.39, 0.29) is 12.1 Å². The third-order valence-electron chi connectivity index (χ3n) is 2.69. The summed E-state index contributed by atoms with van der Waals surface area (Å²) in [5.74, 6) is -0.379. The Balaban J connectivity index is 2.79. The molecule has 1 aromatic rings. The Labute approximate surface area is 113 Å². The first kappa shape index (κ1) is 15.1. The molecule has 0 amide bonds.